The third kappa shape index (κ3) is 4.09. The van der Waals surface area contributed by atoms with Crippen molar-refractivity contribution < 1.29 is 0 Å². The lowest BCUT2D eigenvalue weighted by atomic mass is 9.26. The molecule has 4 heterocycles. The monoisotopic (exact) mass is 750 g/mol. The van der Waals surface area contributed by atoms with Crippen LogP contribution in [0, 0.1) is 34.6 Å². The minimum absolute atomic E-state index is 0.0668. The van der Waals surface area contributed by atoms with Gasteiger partial charge in [-0.25, -0.2) is 0 Å². The highest BCUT2D eigenvalue weighted by atomic mass is 15.2. The highest BCUT2D eigenvalue weighted by Gasteiger charge is 2.50. The van der Waals surface area contributed by atoms with Crippen molar-refractivity contribution in [2.75, 3.05) is 9.80 Å². The largest absolute Gasteiger partial charge is 0.311 e. The second-order valence-electron chi connectivity index (χ2n) is 17.4. The van der Waals surface area contributed by atoms with Gasteiger partial charge >= 0.3 is 0 Å². The lowest BCUT2D eigenvalue weighted by Gasteiger charge is -2.48. The summed E-state index contributed by atoms with van der Waals surface area (Å²) >= 11 is 0. The summed E-state index contributed by atoms with van der Waals surface area (Å²) in [4.78, 5) is 5.26. The first-order valence-electron chi connectivity index (χ1n) is 21.1. The van der Waals surface area contributed by atoms with Gasteiger partial charge in [0.2, 0.25) is 13.4 Å². The van der Waals surface area contributed by atoms with Crippen LogP contribution in [0.25, 0.3) is 43.8 Å². The fourth-order valence-electron chi connectivity index (χ4n) is 12.1. The Kier molecular flexibility index (Phi) is 6.57. The minimum Gasteiger partial charge on any atom is -0.311 e. The fraction of sp³-hybridized carbons (Fsp3) is 0.0909. The van der Waals surface area contributed by atoms with E-state index in [-0.39, 0.29) is 13.4 Å². The smallest absolute Gasteiger partial charge is 0.248 e. The number of hydrogen-bond donors (Lipinski definition) is 0. The van der Waals surface area contributed by atoms with Crippen LogP contribution in [0.15, 0.2) is 152 Å². The Morgan fingerprint density at radius 3 is 1.24 bits per heavy atom. The Morgan fingerprint density at radius 2 is 0.746 bits per heavy atom. The van der Waals surface area contributed by atoms with Gasteiger partial charge in [0.25, 0.3) is 0 Å². The van der Waals surface area contributed by atoms with Gasteiger partial charge in [0.1, 0.15) is 0 Å². The highest BCUT2D eigenvalue weighted by Crippen LogP contribution is 2.52. The Balaban J connectivity index is 1.31. The molecule has 0 aromatic heterocycles. The Labute approximate surface area is 346 Å². The zero-order valence-corrected chi connectivity index (χ0v) is 34.0. The minimum atomic E-state index is 0.0668. The number of fused-ring (bicyclic) bond motifs is 6. The van der Waals surface area contributed by atoms with E-state index in [0.29, 0.717) is 0 Å². The molecule has 276 valence electrons. The molecule has 0 radical (unpaired) electrons. The molecule has 0 N–H and O–H groups in total. The molecule has 0 atom stereocenters. The van der Waals surface area contributed by atoms with Gasteiger partial charge in [0.05, 0.1) is 11.4 Å². The van der Waals surface area contributed by atoms with Crippen molar-refractivity contribution in [2.45, 2.75) is 34.6 Å². The number of nitrogens with zero attached hydrogens (tertiary/aromatic N) is 2. The Morgan fingerprint density at radius 1 is 0.339 bits per heavy atom. The summed E-state index contributed by atoms with van der Waals surface area (Å²) in [5.41, 5.74) is 28.0. The average molecular weight is 751 g/mol. The van der Waals surface area contributed by atoms with Gasteiger partial charge in [-0.2, -0.15) is 0 Å². The van der Waals surface area contributed by atoms with Gasteiger partial charge in [0, 0.05) is 22.7 Å². The quantitative estimate of drug-likeness (QED) is 0.131. The van der Waals surface area contributed by atoms with Crippen LogP contribution in [-0.2, 0) is 0 Å². The van der Waals surface area contributed by atoms with Crippen molar-refractivity contribution in [3.8, 4) is 22.3 Å². The predicted molar refractivity (Wildman–Crippen MR) is 255 cm³/mol. The molecule has 9 aromatic carbocycles. The fourth-order valence-corrected chi connectivity index (χ4v) is 12.1. The molecule has 4 aliphatic rings. The topological polar surface area (TPSA) is 6.48 Å². The molecule has 0 aliphatic carbocycles. The molecule has 4 aliphatic heterocycles. The molecule has 0 saturated carbocycles. The first-order chi connectivity index (χ1) is 28.9. The molecule has 13 rings (SSSR count). The lowest BCUT2D eigenvalue weighted by molar-refractivity contribution is 1.20. The normalized spacial score (nSPS) is 13.7. The maximum atomic E-state index is 2.63. The van der Waals surface area contributed by atoms with Crippen LogP contribution in [0.4, 0.5) is 34.1 Å². The lowest BCUT2D eigenvalue weighted by Crippen LogP contribution is -2.66. The van der Waals surface area contributed by atoms with E-state index < -0.39 is 0 Å². The Hall–Kier alpha value is -6.77. The zero-order valence-electron chi connectivity index (χ0n) is 34.0. The summed E-state index contributed by atoms with van der Waals surface area (Å²) < 4.78 is 0. The summed E-state index contributed by atoms with van der Waals surface area (Å²) in [6, 6.07) is 58.0. The molecule has 59 heavy (non-hydrogen) atoms. The van der Waals surface area contributed by atoms with Crippen molar-refractivity contribution in [1.82, 2.24) is 0 Å². The number of para-hydroxylation sites is 4. The molecule has 0 bridgehead atoms. The zero-order chi connectivity index (χ0) is 39.4. The standard InChI is InChI=1S/C55H40B2N2/c1-31-16-6-7-21-36(31)47-37-22-14-26-41-48(37)50-49-38(47)23-15-27-42(49)57-40-25-9-11-29-44(40)59(55-34(4)19-13-20-35(55)5)46-30-45-52(51(50)53(46)57)56(41)39-24-8-10-28-43(39)58(45)54-32(2)17-12-18-33(54)3/h6-30H,1-5H3. The summed E-state index contributed by atoms with van der Waals surface area (Å²) in [6.45, 7) is 11.5. The molecule has 0 saturated heterocycles. The summed E-state index contributed by atoms with van der Waals surface area (Å²) in [6.07, 6.45) is 0. The van der Waals surface area contributed by atoms with Crippen LogP contribution in [0.5, 0.6) is 0 Å². The van der Waals surface area contributed by atoms with Gasteiger partial charge in [-0.3, -0.25) is 0 Å². The van der Waals surface area contributed by atoms with E-state index in [1.54, 1.807) is 0 Å². The van der Waals surface area contributed by atoms with Crippen molar-refractivity contribution in [3.05, 3.63) is 179 Å². The van der Waals surface area contributed by atoms with Crippen molar-refractivity contribution in [1.29, 1.82) is 0 Å². The number of rotatable bonds is 3. The van der Waals surface area contributed by atoms with E-state index >= 15 is 0 Å². The van der Waals surface area contributed by atoms with Crippen LogP contribution < -0.4 is 42.6 Å². The first kappa shape index (κ1) is 33.2. The van der Waals surface area contributed by atoms with Gasteiger partial charge in [0.15, 0.2) is 0 Å². The second-order valence-corrected chi connectivity index (χ2v) is 17.4. The molecule has 0 unspecified atom stereocenters. The molecule has 0 fully saturated rings. The van der Waals surface area contributed by atoms with Gasteiger partial charge in [-0.15, -0.1) is 0 Å². The maximum Gasteiger partial charge on any atom is 0.248 e. The number of anilines is 6. The van der Waals surface area contributed by atoms with E-state index in [1.807, 2.05) is 0 Å². The number of aryl methyl sites for hydroxylation is 5. The van der Waals surface area contributed by atoms with Crippen LogP contribution in [0.2, 0.25) is 0 Å². The van der Waals surface area contributed by atoms with E-state index in [4.69, 9.17) is 0 Å². The summed E-state index contributed by atoms with van der Waals surface area (Å²) in [5, 5.41) is 5.51. The molecular weight excluding hydrogens is 710 g/mol. The van der Waals surface area contributed by atoms with Gasteiger partial charge in [-0.1, -0.05) is 144 Å². The average Bonchev–Trinajstić information content (AvgIpc) is 3.25. The van der Waals surface area contributed by atoms with Crippen LogP contribution in [0.1, 0.15) is 27.8 Å². The molecule has 0 amide bonds. The van der Waals surface area contributed by atoms with Gasteiger partial charge in [-0.05, 0) is 146 Å². The predicted octanol–water partition coefficient (Wildman–Crippen LogP) is 10.1. The van der Waals surface area contributed by atoms with Crippen LogP contribution in [-0.4, -0.2) is 13.4 Å². The molecule has 0 spiro atoms. The molecule has 4 heteroatoms. The summed E-state index contributed by atoms with van der Waals surface area (Å²) in [7, 11) is 0. The molecule has 9 aromatic rings. The molecule has 2 nitrogen and oxygen atoms in total. The number of benzene rings is 9. The van der Waals surface area contributed by atoms with Crippen LogP contribution in [0.3, 0.4) is 0 Å². The van der Waals surface area contributed by atoms with E-state index in [0.717, 1.165) is 0 Å². The van der Waals surface area contributed by atoms with Gasteiger partial charge < -0.3 is 9.80 Å². The van der Waals surface area contributed by atoms with Crippen molar-refractivity contribution >= 4 is 102 Å². The number of hydrogen-bond acceptors (Lipinski definition) is 2. The van der Waals surface area contributed by atoms with Crippen molar-refractivity contribution in [3.63, 3.8) is 0 Å². The first-order valence-corrected chi connectivity index (χ1v) is 21.1. The van der Waals surface area contributed by atoms with Crippen molar-refractivity contribution in [2.24, 2.45) is 0 Å². The third-order valence-electron chi connectivity index (χ3n) is 14.2. The maximum absolute atomic E-state index is 2.63. The van der Waals surface area contributed by atoms with Crippen LogP contribution >= 0.6 is 0 Å². The third-order valence-corrected chi connectivity index (χ3v) is 14.2. The summed E-state index contributed by atoms with van der Waals surface area (Å²) in [5.74, 6) is 0. The second kappa shape index (κ2) is 11.7. The van der Waals surface area contributed by atoms with E-state index in [1.165, 1.54) is 139 Å². The Bertz CT molecular complexity index is 3140. The van der Waals surface area contributed by atoms with E-state index in [2.05, 4.69) is 196 Å². The van der Waals surface area contributed by atoms with E-state index in [9.17, 15) is 0 Å². The molecular formula is C55H40B2N2. The SMILES string of the molecule is Cc1ccccc1-c1c2cccc3c2c2c4c(cccc14)B1c4ccccc4N(c4c(C)cccc4C)c4cc5c(c-2c41)B3c1ccccc1N5c1c(C)cccc1C. The highest BCUT2D eigenvalue weighted by molar-refractivity contribution is 7.05.